The first kappa shape index (κ1) is 17.0. The number of aryl methyl sites for hydroxylation is 1. The first-order chi connectivity index (χ1) is 13.5. The fourth-order valence-corrected chi connectivity index (χ4v) is 4.33. The highest BCUT2D eigenvalue weighted by Gasteiger charge is 2.46. The van der Waals surface area contributed by atoms with Crippen molar-refractivity contribution in [3.05, 3.63) is 65.6 Å². The van der Waals surface area contributed by atoms with Crippen LogP contribution in [0.4, 0.5) is 0 Å². The molecule has 2 aliphatic rings. The number of carbonyl (C=O) groups excluding carboxylic acids is 2. The first-order valence-electron chi connectivity index (χ1n) is 9.55. The summed E-state index contributed by atoms with van der Waals surface area (Å²) in [5, 5.41) is 0. The summed E-state index contributed by atoms with van der Waals surface area (Å²) < 4.78 is 8.19. The van der Waals surface area contributed by atoms with E-state index in [1.54, 1.807) is 12.3 Å². The van der Waals surface area contributed by atoms with Crippen molar-refractivity contribution in [3.63, 3.8) is 0 Å². The number of ketones is 1. The lowest BCUT2D eigenvalue weighted by molar-refractivity contribution is -0.130. The van der Waals surface area contributed by atoms with Gasteiger partial charge in [0.25, 0.3) is 0 Å². The van der Waals surface area contributed by atoms with Crippen molar-refractivity contribution in [1.29, 1.82) is 0 Å². The lowest BCUT2D eigenvalue weighted by Crippen LogP contribution is -2.45. The molecule has 1 amide bonds. The predicted molar refractivity (Wildman–Crippen MR) is 104 cm³/mol. The van der Waals surface area contributed by atoms with E-state index in [0.717, 1.165) is 16.9 Å². The Labute approximate surface area is 162 Å². The molecule has 1 spiro atoms. The lowest BCUT2D eigenvalue weighted by Gasteiger charge is -2.34. The zero-order valence-corrected chi connectivity index (χ0v) is 15.7. The molecule has 2 aromatic heterocycles. The number of nitrogens with zero attached hydrogens (tertiary/aromatic N) is 3. The van der Waals surface area contributed by atoms with Gasteiger partial charge in [0.2, 0.25) is 5.91 Å². The quantitative estimate of drug-likeness (QED) is 0.691. The number of Topliss-reactive ketones (excluding diaryl/α,β-unsaturated/α-hetero) is 1. The van der Waals surface area contributed by atoms with Crippen molar-refractivity contribution in [1.82, 2.24) is 14.3 Å². The number of fused-ring (bicyclic) bond motifs is 2. The molecule has 1 atom stereocenters. The Morgan fingerprint density at radius 3 is 3.00 bits per heavy atom. The lowest BCUT2D eigenvalue weighted by atomic mass is 9.89. The number of aromatic nitrogens is 2. The van der Waals surface area contributed by atoms with Crippen LogP contribution in [0.25, 0.3) is 5.65 Å². The molecule has 28 heavy (non-hydrogen) atoms. The Hall–Kier alpha value is -3.15. The van der Waals surface area contributed by atoms with E-state index < -0.39 is 5.60 Å². The highest BCUT2D eigenvalue weighted by atomic mass is 16.5. The minimum Gasteiger partial charge on any atom is -0.484 e. The van der Waals surface area contributed by atoms with E-state index in [1.807, 2.05) is 52.8 Å². The molecule has 1 saturated heterocycles. The van der Waals surface area contributed by atoms with E-state index in [4.69, 9.17) is 4.74 Å². The Morgan fingerprint density at radius 1 is 1.25 bits per heavy atom. The molecule has 1 aromatic carbocycles. The van der Waals surface area contributed by atoms with Crippen molar-refractivity contribution >= 4 is 17.3 Å². The minimum absolute atomic E-state index is 0.0371. The summed E-state index contributed by atoms with van der Waals surface area (Å²) in [7, 11) is 0. The summed E-state index contributed by atoms with van der Waals surface area (Å²) >= 11 is 0. The fourth-order valence-electron chi connectivity index (χ4n) is 4.33. The number of amides is 1. The second-order valence-corrected chi connectivity index (χ2v) is 7.76. The zero-order chi connectivity index (χ0) is 19.3. The summed E-state index contributed by atoms with van der Waals surface area (Å²) in [6.07, 6.45) is 4.98. The molecular formula is C22H21N3O3. The van der Waals surface area contributed by atoms with Gasteiger partial charge in [-0.2, -0.15) is 0 Å². The van der Waals surface area contributed by atoms with E-state index in [2.05, 4.69) is 4.98 Å². The number of imidazole rings is 1. The highest BCUT2D eigenvalue weighted by Crippen LogP contribution is 2.38. The largest absolute Gasteiger partial charge is 0.484 e. The Bertz CT molecular complexity index is 1100. The number of pyridine rings is 1. The van der Waals surface area contributed by atoms with Gasteiger partial charge >= 0.3 is 0 Å². The van der Waals surface area contributed by atoms with Crippen LogP contribution in [0.2, 0.25) is 0 Å². The van der Waals surface area contributed by atoms with E-state index in [-0.39, 0.29) is 18.1 Å². The molecule has 142 valence electrons. The molecule has 3 aromatic rings. The molecule has 1 fully saturated rings. The van der Waals surface area contributed by atoms with Crippen molar-refractivity contribution in [2.75, 3.05) is 13.1 Å². The smallest absolute Gasteiger partial charge is 0.228 e. The summed E-state index contributed by atoms with van der Waals surface area (Å²) in [5.74, 6) is 0.758. The van der Waals surface area contributed by atoms with Gasteiger partial charge in [0.05, 0.1) is 30.6 Å². The molecule has 0 unspecified atom stereocenters. The summed E-state index contributed by atoms with van der Waals surface area (Å²) in [6, 6.07) is 11.3. The summed E-state index contributed by atoms with van der Waals surface area (Å²) in [5.41, 5.74) is 2.86. The van der Waals surface area contributed by atoms with Gasteiger partial charge < -0.3 is 14.0 Å². The predicted octanol–water partition coefficient (Wildman–Crippen LogP) is 2.82. The number of hydrogen-bond donors (Lipinski definition) is 0. The molecular weight excluding hydrogens is 354 g/mol. The maximum absolute atomic E-state index is 12.9. The van der Waals surface area contributed by atoms with Gasteiger partial charge in [-0.25, -0.2) is 4.98 Å². The van der Waals surface area contributed by atoms with Crippen LogP contribution in [0.15, 0.2) is 48.8 Å². The van der Waals surface area contributed by atoms with Gasteiger partial charge in [0, 0.05) is 25.4 Å². The van der Waals surface area contributed by atoms with Gasteiger partial charge in [0.1, 0.15) is 17.0 Å². The SMILES string of the molecule is Cc1cccn2c(CC(=O)N3CC[C@@]4(CC(=O)c5ccccc5O4)C3)cnc12. The highest BCUT2D eigenvalue weighted by molar-refractivity contribution is 6.00. The number of benzene rings is 1. The average Bonchev–Trinajstić information content (AvgIpc) is 3.27. The van der Waals surface area contributed by atoms with Crippen LogP contribution in [0.1, 0.15) is 34.5 Å². The van der Waals surface area contributed by atoms with Gasteiger partial charge in [-0.15, -0.1) is 0 Å². The number of likely N-dealkylation sites (tertiary alicyclic amines) is 1. The van der Waals surface area contributed by atoms with Crippen LogP contribution in [-0.2, 0) is 11.2 Å². The van der Waals surface area contributed by atoms with E-state index in [1.165, 1.54) is 0 Å². The fraction of sp³-hybridized carbons (Fsp3) is 0.318. The standard InChI is InChI=1S/C22H21N3O3/c1-15-5-4-9-25-16(13-23-21(15)25)11-20(27)24-10-8-22(14-24)12-18(26)17-6-2-3-7-19(17)28-22/h2-7,9,13H,8,10-12,14H2,1H3/t22-/m1/s1. The molecule has 0 N–H and O–H groups in total. The van der Waals surface area contributed by atoms with Gasteiger partial charge in [-0.05, 0) is 30.7 Å². The van der Waals surface area contributed by atoms with Crippen molar-refractivity contribution in [2.45, 2.75) is 31.8 Å². The van der Waals surface area contributed by atoms with E-state index >= 15 is 0 Å². The van der Waals surface area contributed by atoms with Crippen LogP contribution < -0.4 is 4.74 Å². The molecule has 0 bridgehead atoms. The Kier molecular flexibility index (Phi) is 3.75. The summed E-state index contributed by atoms with van der Waals surface area (Å²) in [4.78, 5) is 31.8. The maximum atomic E-state index is 12.9. The molecule has 4 heterocycles. The third-order valence-electron chi connectivity index (χ3n) is 5.81. The van der Waals surface area contributed by atoms with Crippen molar-refractivity contribution < 1.29 is 14.3 Å². The molecule has 5 rings (SSSR count). The van der Waals surface area contributed by atoms with Crippen LogP contribution in [-0.4, -0.2) is 44.7 Å². The number of para-hydroxylation sites is 1. The number of rotatable bonds is 2. The molecule has 0 saturated carbocycles. The van der Waals surface area contributed by atoms with Gasteiger partial charge in [0.15, 0.2) is 5.78 Å². The van der Waals surface area contributed by atoms with Gasteiger partial charge in [-0.3, -0.25) is 9.59 Å². The van der Waals surface area contributed by atoms with Gasteiger partial charge in [-0.1, -0.05) is 18.2 Å². The zero-order valence-electron chi connectivity index (χ0n) is 15.7. The number of ether oxygens (including phenoxy) is 1. The Morgan fingerprint density at radius 2 is 2.11 bits per heavy atom. The minimum atomic E-state index is -0.600. The first-order valence-corrected chi connectivity index (χ1v) is 9.55. The summed E-state index contributed by atoms with van der Waals surface area (Å²) in [6.45, 7) is 3.05. The second kappa shape index (κ2) is 6.19. The second-order valence-electron chi connectivity index (χ2n) is 7.76. The maximum Gasteiger partial charge on any atom is 0.228 e. The van der Waals surface area contributed by atoms with Crippen molar-refractivity contribution in [2.24, 2.45) is 0 Å². The third-order valence-corrected chi connectivity index (χ3v) is 5.81. The molecule has 0 radical (unpaired) electrons. The molecule has 0 aliphatic carbocycles. The van der Waals surface area contributed by atoms with E-state index in [9.17, 15) is 9.59 Å². The molecule has 6 nitrogen and oxygen atoms in total. The number of carbonyl (C=O) groups is 2. The average molecular weight is 375 g/mol. The molecule has 6 heteroatoms. The van der Waals surface area contributed by atoms with Crippen molar-refractivity contribution in [3.8, 4) is 5.75 Å². The van der Waals surface area contributed by atoms with Crippen LogP contribution >= 0.6 is 0 Å². The normalized spacial score (nSPS) is 21.2. The number of hydrogen-bond acceptors (Lipinski definition) is 4. The monoisotopic (exact) mass is 375 g/mol. The van der Waals surface area contributed by atoms with Crippen LogP contribution in [0.5, 0.6) is 5.75 Å². The Balaban J connectivity index is 1.34. The van der Waals surface area contributed by atoms with Crippen LogP contribution in [0, 0.1) is 6.92 Å². The third kappa shape index (κ3) is 2.68. The van der Waals surface area contributed by atoms with E-state index in [0.29, 0.717) is 37.2 Å². The molecule has 2 aliphatic heterocycles. The van der Waals surface area contributed by atoms with Crippen LogP contribution in [0.3, 0.4) is 0 Å². The topological polar surface area (TPSA) is 63.9 Å².